The van der Waals surface area contributed by atoms with Crippen LogP contribution in [0.5, 0.6) is 0 Å². The molecule has 1 fully saturated rings. The topological polar surface area (TPSA) is 90.2 Å². The summed E-state index contributed by atoms with van der Waals surface area (Å²) >= 11 is 1.37. The summed E-state index contributed by atoms with van der Waals surface area (Å²) < 4.78 is 13.5. The van der Waals surface area contributed by atoms with Gasteiger partial charge in [0.1, 0.15) is 11.6 Å². The number of aromatic nitrogens is 1. The van der Waals surface area contributed by atoms with E-state index in [0.29, 0.717) is 30.6 Å². The first-order valence-electron chi connectivity index (χ1n) is 11.5. The minimum Gasteiger partial charge on any atom is -0.464 e. The third-order valence-corrected chi connectivity index (χ3v) is 6.45. The molecule has 2 atom stereocenters. The number of esters is 1. The van der Waals surface area contributed by atoms with Gasteiger partial charge in [-0.05, 0) is 59.1 Å². The molecule has 0 aliphatic carbocycles. The zero-order chi connectivity index (χ0) is 24.2. The van der Waals surface area contributed by atoms with Crippen molar-refractivity contribution in [2.45, 2.75) is 65.5 Å². The molecule has 2 amide bonds. The number of piperidine rings is 1. The Kier molecular flexibility index (Phi) is 7.94. The maximum Gasteiger partial charge on any atom is 0.410 e. The van der Waals surface area contributed by atoms with E-state index >= 15 is 0 Å². The number of hydrogen-bond donors (Lipinski definition) is 0. The van der Waals surface area contributed by atoms with E-state index in [0.717, 1.165) is 10.2 Å². The number of amides is 2. The van der Waals surface area contributed by atoms with Gasteiger partial charge in [0, 0.05) is 13.1 Å². The van der Waals surface area contributed by atoms with Crippen molar-refractivity contribution >= 4 is 39.5 Å². The van der Waals surface area contributed by atoms with Crippen LogP contribution >= 0.6 is 11.3 Å². The van der Waals surface area contributed by atoms with E-state index in [4.69, 9.17) is 9.47 Å². The zero-order valence-corrected chi connectivity index (χ0v) is 20.8. The summed E-state index contributed by atoms with van der Waals surface area (Å²) in [6, 6.07) is 7.11. The second kappa shape index (κ2) is 10.5. The molecule has 0 N–H and O–H groups in total. The Labute approximate surface area is 198 Å². The fourth-order valence-electron chi connectivity index (χ4n) is 3.92. The van der Waals surface area contributed by atoms with Gasteiger partial charge in [-0.25, -0.2) is 9.59 Å². The van der Waals surface area contributed by atoms with Crippen molar-refractivity contribution in [3.05, 3.63) is 29.1 Å². The lowest BCUT2D eigenvalue weighted by atomic mass is 9.98. The van der Waals surface area contributed by atoms with Crippen LogP contribution in [-0.4, -0.2) is 52.7 Å². The first-order valence-corrected chi connectivity index (χ1v) is 12.3. The highest BCUT2D eigenvalue weighted by Gasteiger charge is 2.31. The van der Waals surface area contributed by atoms with Crippen molar-refractivity contribution in [2.75, 3.05) is 19.7 Å². The molecule has 2 heterocycles. The van der Waals surface area contributed by atoms with Crippen LogP contribution in [0.1, 0.15) is 59.9 Å². The number of ether oxygens (including phenoxy) is 2. The van der Waals surface area contributed by atoms with Gasteiger partial charge in [0.05, 0.1) is 22.7 Å². The summed E-state index contributed by atoms with van der Waals surface area (Å²) in [6.45, 7) is 10.3. The molecule has 2 unspecified atom stereocenters. The van der Waals surface area contributed by atoms with Gasteiger partial charge in [-0.15, -0.1) is 0 Å². The predicted molar refractivity (Wildman–Crippen MR) is 127 cm³/mol. The molecule has 0 radical (unpaired) electrons. The number of carbonyl (C=O) groups excluding carboxylic acids is 3. The Hall–Kier alpha value is -2.68. The molecular formula is C24H33N3O5S. The van der Waals surface area contributed by atoms with Gasteiger partial charge < -0.3 is 18.9 Å². The second-order valence-electron chi connectivity index (χ2n) is 9.11. The third-order valence-electron chi connectivity index (χ3n) is 5.42. The Bertz CT molecular complexity index is 1080. The van der Waals surface area contributed by atoms with Gasteiger partial charge in [-0.1, -0.05) is 30.4 Å². The highest BCUT2D eigenvalue weighted by molar-refractivity contribution is 7.16. The molecule has 2 aromatic rings. The molecule has 0 spiro atoms. The number of nitrogens with zero attached hydrogens (tertiary/aromatic N) is 3. The molecule has 0 saturated carbocycles. The van der Waals surface area contributed by atoms with E-state index in [1.165, 1.54) is 11.3 Å². The molecule has 1 saturated heterocycles. The summed E-state index contributed by atoms with van der Waals surface area (Å²) in [5.41, 5.74) is 0.247. The van der Waals surface area contributed by atoms with E-state index in [2.05, 4.69) is 4.99 Å². The van der Waals surface area contributed by atoms with Crippen LogP contribution in [0.25, 0.3) is 10.2 Å². The number of benzene rings is 1. The van der Waals surface area contributed by atoms with Crippen molar-refractivity contribution in [1.29, 1.82) is 0 Å². The average Bonchev–Trinajstić information content (AvgIpc) is 3.11. The van der Waals surface area contributed by atoms with Gasteiger partial charge >= 0.3 is 12.1 Å². The number of rotatable bonds is 5. The van der Waals surface area contributed by atoms with Gasteiger partial charge in [0.15, 0.2) is 4.80 Å². The Morgan fingerprint density at radius 2 is 1.94 bits per heavy atom. The largest absolute Gasteiger partial charge is 0.464 e. The minimum atomic E-state index is -0.594. The number of hydrogen-bond acceptors (Lipinski definition) is 6. The monoisotopic (exact) mass is 475 g/mol. The number of thiazole rings is 1. The predicted octanol–water partition coefficient (Wildman–Crippen LogP) is 4.29. The highest BCUT2D eigenvalue weighted by atomic mass is 32.1. The van der Waals surface area contributed by atoms with E-state index in [9.17, 15) is 14.4 Å². The molecule has 33 heavy (non-hydrogen) atoms. The summed E-state index contributed by atoms with van der Waals surface area (Å²) in [5, 5.41) is 0. The first-order chi connectivity index (χ1) is 15.6. The van der Waals surface area contributed by atoms with Crippen LogP contribution in [0, 0.1) is 5.92 Å². The van der Waals surface area contributed by atoms with E-state index in [-0.39, 0.29) is 25.0 Å². The third kappa shape index (κ3) is 6.01. The van der Waals surface area contributed by atoms with Crippen molar-refractivity contribution in [3.63, 3.8) is 0 Å². The normalized spacial score (nSPS) is 18.3. The van der Waals surface area contributed by atoms with Crippen LogP contribution in [0.15, 0.2) is 29.3 Å². The fraction of sp³-hybridized carbons (Fsp3) is 0.583. The molecule has 0 bridgehead atoms. The van der Waals surface area contributed by atoms with E-state index in [1.807, 2.05) is 56.5 Å². The van der Waals surface area contributed by atoms with Crippen LogP contribution in [0.4, 0.5) is 4.79 Å². The molecule has 1 aliphatic rings. The lowest BCUT2D eigenvalue weighted by molar-refractivity contribution is -0.147. The molecule has 1 aromatic carbocycles. The number of likely N-dealkylation sites (tertiary alicyclic amines) is 1. The lowest BCUT2D eigenvalue weighted by Gasteiger charge is -2.32. The molecule has 180 valence electrons. The molecule has 1 aromatic heterocycles. The summed E-state index contributed by atoms with van der Waals surface area (Å²) in [7, 11) is 0. The number of carbonyl (C=O) groups is 3. The first kappa shape index (κ1) is 25.0. The van der Waals surface area contributed by atoms with E-state index < -0.39 is 23.7 Å². The van der Waals surface area contributed by atoms with Gasteiger partial charge in [-0.2, -0.15) is 4.99 Å². The van der Waals surface area contributed by atoms with Crippen molar-refractivity contribution < 1.29 is 23.9 Å². The van der Waals surface area contributed by atoms with Crippen molar-refractivity contribution in [1.82, 2.24) is 9.47 Å². The number of para-hydroxylation sites is 1. The van der Waals surface area contributed by atoms with Crippen LogP contribution in [0.3, 0.4) is 0 Å². The fourth-order valence-corrected chi connectivity index (χ4v) is 4.99. The van der Waals surface area contributed by atoms with Crippen LogP contribution < -0.4 is 4.80 Å². The van der Waals surface area contributed by atoms with Crippen LogP contribution in [0.2, 0.25) is 0 Å². The quantitative estimate of drug-likeness (QED) is 0.602. The zero-order valence-electron chi connectivity index (χ0n) is 20.0. The van der Waals surface area contributed by atoms with Crippen molar-refractivity contribution in [2.24, 2.45) is 10.9 Å². The smallest absolute Gasteiger partial charge is 0.410 e. The Morgan fingerprint density at radius 1 is 1.21 bits per heavy atom. The standard InChI is InChI=1S/C24H33N3O5S/c1-6-17(21(29)31-7-2)27-18-12-8-9-13-19(18)33-22(27)25-20(28)16-11-10-14-26(15-16)23(30)32-24(3,4)5/h8-9,12-13,16-17H,6-7,10-11,14-15H2,1-5H3. The lowest BCUT2D eigenvalue weighted by Crippen LogP contribution is -2.44. The summed E-state index contributed by atoms with van der Waals surface area (Å²) in [4.78, 5) is 44.8. The Morgan fingerprint density at radius 3 is 2.61 bits per heavy atom. The Balaban J connectivity index is 1.93. The minimum absolute atomic E-state index is 0.275. The maximum absolute atomic E-state index is 13.2. The SMILES string of the molecule is CCOC(=O)C(CC)n1c(=NC(=O)C2CCCN(C(=O)OC(C)(C)C)C2)sc2ccccc21. The second-order valence-corrected chi connectivity index (χ2v) is 10.1. The van der Waals surface area contributed by atoms with Gasteiger partial charge in [0.2, 0.25) is 0 Å². The molecular weight excluding hydrogens is 442 g/mol. The molecule has 8 nitrogen and oxygen atoms in total. The summed E-state index contributed by atoms with van der Waals surface area (Å²) in [6.07, 6.45) is 1.46. The maximum atomic E-state index is 13.2. The summed E-state index contributed by atoms with van der Waals surface area (Å²) in [5.74, 6) is -1.04. The van der Waals surface area contributed by atoms with Crippen LogP contribution in [-0.2, 0) is 19.1 Å². The molecule has 9 heteroatoms. The average molecular weight is 476 g/mol. The van der Waals surface area contributed by atoms with E-state index in [1.54, 1.807) is 11.8 Å². The van der Waals surface area contributed by atoms with Gasteiger partial charge in [0.25, 0.3) is 5.91 Å². The van der Waals surface area contributed by atoms with Gasteiger partial charge in [-0.3, -0.25) is 4.79 Å². The van der Waals surface area contributed by atoms with Crippen molar-refractivity contribution in [3.8, 4) is 0 Å². The number of fused-ring (bicyclic) bond motifs is 1. The molecule has 3 rings (SSSR count). The highest BCUT2D eigenvalue weighted by Crippen LogP contribution is 2.24. The molecule has 1 aliphatic heterocycles.